The molecule has 24 heavy (non-hydrogen) atoms. The van der Waals surface area contributed by atoms with E-state index in [9.17, 15) is 9.59 Å². The van der Waals surface area contributed by atoms with Gasteiger partial charge in [-0.3, -0.25) is 9.59 Å². The van der Waals surface area contributed by atoms with Crippen molar-refractivity contribution >= 4 is 35.3 Å². The summed E-state index contributed by atoms with van der Waals surface area (Å²) in [6.07, 6.45) is 1.61. The predicted molar refractivity (Wildman–Crippen MR) is 91.4 cm³/mol. The highest BCUT2D eigenvalue weighted by molar-refractivity contribution is 6.32. The fraction of sp³-hybridized carbons (Fsp3) is 0.167. The second-order valence-corrected chi connectivity index (χ2v) is 5.80. The SMILES string of the molecule is O=C1c2ccccc2[C@H](C=[NH+]CCO)C(=O)N1c1cccc(Cl)c1. The van der Waals surface area contributed by atoms with Gasteiger partial charge in [-0.25, -0.2) is 9.89 Å². The number of nitrogens with one attached hydrogen (secondary N) is 1. The van der Waals surface area contributed by atoms with Crippen LogP contribution in [-0.2, 0) is 4.79 Å². The lowest BCUT2D eigenvalue weighted by molar-refractivity contribution is -0.456. The maximum atomic E-state index is 12.9. The lowest BCUT2D eigenvalue weighted by Crippen LogP contribution is -2.71. The molecule has 0 saturated heterocycles. The van der Waals surface area contributed by atoms with Gasteiger partial charge in [0.25, 0.3) is 11.8 Å². The number of hydrogen-bond acceptors (Lipinski definition) is 3. The second-order valence-electron chi connectivity index (χ2n) is 5.37. The molecule has 1 aliphatic heterocycles. The van der Waals surface area contributed by atoms with Crippen LogP contribution in [0.5, 0.6) is 0 Å². The van der Waals surface area contributed by atoms with Crippen LogP contribution in [0.1, 0.15) is 21.8 Å². The molecule has 1 heterocycles. The number of amides is 2. The van der Waals surface area contributed by atoms with Gasteiger partial charge in [-0.1, -0.05) is 35.9 Å². The van der Waals surface area contributed by atoms with Crippen LogP contribution < -0.4 is 9.89 Å². The summed E-state index contributed by atoms with van der Waals surface area (Å²) < 4.78 is 0. The molecule has 3 rings (SSSR count). The number of anilines is 1. The molecule has 122 valence electrons. The quantitative estimate of drug-likeness (QED) is 0.636. The maximum absolute atomic E-state index is 12.9. The van der Waals surface area contributed by atoms with E-state index in [4.69, 9.17) is 16.7 Å². The number of imide groups is 1. The molecular weight excluding hydrogens is 328 g/mol. The van der Waals surface area contributed by atoms with Gasteiger partial charge in [0.15, 0.2) is 12.8 Å². The first-order valence-electron chi connectivity index (χ1n) is 7.54. The van der Waals surface area contributed by atoms with E-state index >= 15 is 0 Å². The Kier molecular flexibility index (Phi) is 4.74. The topological polar surface area (TPSA) is 71.6 Å². The summed E-state index contributed by atoms with van der Waals surface area (Å²) in [4.78, 5) is 29.8. The van der Waals surface area contributed by atoms with Crippen LogP contribution in [0.2, 0.25) is 5.02 Å². The van der Waals surface area contributed by atoms with Crippen LogP contribution in [0, 0.1) is 0 Å². The molecule has 0 radical (unpaired) electrons. The fourth-order valence-corrected chi connectivity index (χ4v) is 2.93. The summed E-state index contributed by atoms with van der Waals surface area (Å²) in [5.74, 6) is -1.35. The Morgan fingerprint density at radius 2 is 1.96 bits per heavy atom. The third kappa shape index (κ3) is 2.96. The zero-order chi connectivity index (χ0) is 17.1. The van der Waals surface area contributed by atoms with Crippen molar-refractivity contribution < 1.29 is 19.7 Å². The van der Waals surface area contributed by atoms with Gasteiger partial charge in [0.1, 0.15) is 12.5 Å². The maximum Gasteiger partial charge on any atom is 0.265 e. The van der Waals surface area contributed by atoms with Gasteiger partial charge in [-0.15, -0.1) is 0 Å². The minimum atomic E-state index is -0.621. The highest BCUT2D eigenvalue weighted by Crippen LogP contribution is 2.32. The van der Waals surface area contributed by atoms with E-state index in [1.54, 1.807) is 54.7 Å². The minimum absolute atomic E-state index is 0.0456. The molecule has 2 amide bonds. The van der Waals surface area contributed by atoms with Gasteiger partial charge in [-0.05, 0) is 29.8 Å². The van der Waals surface area contributed by atoms with E-state index in [-0.39, 0.29) is 18.4 Å². The van der Waals surface area contributed by atoms with E-state index < -0.39 is 5.92 Å². The first-order valence-corrected chi connectivity index (χ1v) is 7.91. The molecule has 2 aromatic rings. The molecule has 1 atom stereocenters. The van der Waals surface area contributed by atoms with Gasteiger partial charge < -0.3 is 5.11 Å². The Hall–Kier alpha value is -2.50. The summed E-state index contributed by atoms with van der Waals surface area (Å²) in [6.45, 7) is 0.285. The number of hydrogen-bond donors (Lipinski definition) is 2. The molecule has 2 N–H and O–H groups in total. The summed E-state index contributed by atoms with van der Waals surface area (Å²) in [7, 11) is 0. The second kappa shape index (κ2) is 6.95. The molecule has 0 saturated carbocycles. The molecule has 0 bridgehead atoms. The van der Waals surface area contributed by atoms with Crippen LogP contribution in [0.25, 0.3) is 0 Å². The Morgan fingerprint density at radius 1 is 1.17 bits per heavy atom. The Morgan fingerprint density at radius 3 is 2.71 bits per heavy atom. The monoisotopic (exact) mass is 343 g/mol. The number of benzene rings is 2. The average molecular weight is 344 g/mol. The van der Waals surface area contributed by atoms with Crippen LogP contribution in [-0.4, -0.2) is 36.3 Å². The minimum Gasteiger partial charge on any atom is -0.390 e. The Labute approximate surface area is 144 Å². The van der Waals surface area contributed by atoms with Crippen molar-refractivity contribution in [3.8, 4) is 0 Å². The smallest absolute Gasteiger partial charge is 0.265 e. The Bertz CT molecular complexity index is 819. The Balaban J connectivity index is 2.09. The van der Waals surface area contributed by atoms with E-state index in [0.717, 1.165) is 4.90 Å². The fourth-order valence-electron chi connectivity index (χ4n) is 2.74. The van der Waals surface area contributed by atoms with E-state index in [0.29, 0.717) is 28.4 Å². The van der Waals surface area contributed by atoms with Crippen LogP contribution >= 0.6 is 11.6 Å². The van der Waals surface area contributed by atoms with E-state index in [1.807, 2.05) is 0 Å². The number of carbonyl (C=O) groups is 2. The van der Waals surface area contributed by atoms with Crippen molar-refractivity contribution in [2.75, 3.05) is 18.1 Å². The lowest BCUT2D eigenvalue weighted by Gasteiger charge is -2.30. The largest absolute Gasteiger partial charge is 0.390 e. The molecule has 6 heteroatoms. The van der Waals surface area contributed by atoms with Gasteiger partial charge in [0, 0.05) is 10.6 Å². The van der Waals surface area contributed by atoms with Crippen molar-refractivity contribution in [1.29, 1.82) is 0 Å². The zero-order valence-corrected chi connectivity index (χ0v) is 13.5. The van der Waals surface area contributed by atoms with Crippen LogP contribution in [0.3, 0.4) is 0 Å². The molecule has 2 aromatic carbocycles. The van der Waals surface area contributed by atoms with Crippen molar-refractivity contribution in [2.45, 2.75) is 5.92 Å². The normalized spacial score (nSPS) is 17.4. The number of rotatable bonds is 4. The molecule has 1 aliphatic rings. The van der Waals surface area contributed by atoms with E-state index in [2.05, 4.69) is 4.99 Å². The van der Waals surface area contributed by atoms with Gasteiger partial charge in [0.2, 0.25) is 0 Å². The average Bonchev–Trinajstić information content (AvgIpc) is 2.58. The molecule has 0 unspecified atom stereocenters. The number of aliphatic hydroxyl groups is 1. The van der Waals surface area contributed by atoms with E-state index in [1.165, 1.54) is 0 Å². The first-order chi connectivity index (χ1) is 11.6. The zero-order valence-electron chi connectivity index (χ0n) is 12.8. The van der Waals surface area contributed by atoms with Gasteiger partial charge in [0.05, 0.1) is 5.69 Å². The van der Waals surface area contributed by atoms with Crippen molar-refractivity contribution in [3.05, 3.63) is 64.7 Å². The number of halogens is 1. The third-order valence-corrected chi connectivity index (χ3v) is 4.06. The predicted octanol–water partition coefficient (Wildman–Crippen LogP) is 0.754. The lowest BCUT2D eigenvalue weighted by atomic mass is 9.89. The standard InChI is InChI=1S/C18H15ClN2O3/c19-12-4-3-5-13(10-12)21-17(23)15-7-2-1-6-14(15)16(18(21)24)11-20-8-9-22/h1-7,10-11,16,22H,8-9H2/p+1/t16-/m0/s1. The van der Waals surface area contributed by atoms with Crippen LogP contribution in [0.4, 0.5) is 5.69 Å². The highest BCUT2D eigenvalue weighted by atomic mass is 35.5. The molecule has 0 fully saturated rings. The number of aliphatic hydroxyl groups excluding tert-OH is 1. The molecule has 0 aliphatic carbocycles. The summed E-state index contributed by atoms with van der Waals surface area (Å²) in [6, 6.07) is 13.7. The highest BCUT2D eigenvalue weighted by Gasteiger charge is 2.40. The molecule has 5 nitrogen and oxygen atoms in total. The number of carbonyl (C=O) groups excluding carboxylic acids is 2. The molecule has 0 spiro atoms. The van der Waals surface area contributed by atoms with Gasteiger partial charge >= 0.3 is 0 Å². The third-order valence-electron chi connectivity index (χ3n) is 3.82. The van der Waals surface area contributed by atoms with Gasteiger partial charge in [-0.2, -0.15) is 0 Å². The molecule has 0 aromatic heterocycles. The number of nitrogens with zero attached hydrogens (tertiary/aromatic N) is 1. The summed E-state index contributed by atoms with van der Waals surface area (Å²) >= 11 is 6.00. The number of fused-ring (bicyclic) bond motifs is 1. The van der Waals surface area contributed by atoms with Crippen molar-refractivity contribution in [3.63, 3.8) is 0 Å². The first kappa shape index (κ1) is 16.4. The molecular formula is C18H16ClN2O3+. The van der Waals surface area contributed by atoms with Crippen molar-refractivity contribution in [2.24, 2.45) is 0 Å². The van der Waals surface area contributed by atoms with Crippen molar-refractivity contribution in [1.82, 2.24) is 0 Å². The van der Waals surface area contributed by atoms with Crippen LogP contribution in [0.15, 0.2) is 48.5 Å². The summed E-state index contributed by atoms with van der Waals surface area (Å²) in [5, 5.41) is 9.36. The summed E-state index contributed by atoms with van der Waals surface area (Å²) in [5.41, 5.74) is 1.56.